The first-order valence-corrected chi connectivity index (χ1v) is 6.71. The van der Waals surface area contributed by atoms with Crippen LogP contribution in [0.15, 0.2) is 0 Å². The molecule has 0 aromatic carbocycles. The highest BCUT2D eigenvalue weighted by molar-refractivity contribution is 6.31. The van der Waals surface area contributed by atoms with Gasteiger partial charge in [0.15, 0.2) is 0 Å². The largest absolute Gasteiger partial charge is 0.294 e. The topological polar surface area (TPSA) is 44.9 Å². The monoisotopic (exact) mass is 268 g/mol. The molecule has 1 rings (SSSR count). The van der Waals surface area contributed by atoms with Gasteiger partial charge in [0.05, 0.1) is 22.5 Å². The van der Waals surface area contributed by atoms with Crippen molar-refractivity contribution in [1.29, 1.82) is 5.26 Å². The van der Waals surface area contributed by atoms with Crippen LogP contribution in [-0.4, -0.2) is 27.3 Å². The molecule has 0 aliphatic heterocycles. The van der Waals surface area contributed by atoms with Gasteiger partial charge in [-0.25, -0.2) is 0 Å². The van der Waals surface area contributed by atoms with Gasteiger partial charge in [-0.1, -0.05) is 11.6 Å². The predicted molar refractivity (Wildman–Crippen MR) is 73.4 cm³/mol. The molecule has 0 bridgehead atoms. The normalized spacial score (nSPS) is 11.2. The van der Waals surface area contributed by atoms with E-state index < -0.39 is 0 Å². The van der Waals surface area contributed by atoms with Crippen molar-refractivity contribution in [2.24, 2.45) is 0 Å². The molecule has 1 heterocycles. The molecule has 0 aliphatic carbocycles. The van der Waals surface area contributed by atoms with Gasteiger partial charge in [0.1, 0.15) is 0 Å². The summed E-state index contributed by atoms with van der Waals surface area (Å²) in [5, 5.41) is 13.9. The van der Waals surface area contributed by atoms with Crippen LogP contribution in [0.25, 0.3) is 0 Å². The van der Waals surface area contributed by atoms with Crippen molar-refractivity contribution in [3.8, 4) is 6.07 Å². The molecule has 0 unspecified atom stereocenters. The van der Waals surface area contributed by atoms with Gasteiger partial charge in [0.2, 0.25) is 0 Å². The van der Waals surface area contributed by atoms with Gasteiger partial charge in [0.25, 0.3) is 0 Å². The third-order valence-electron chi connectivity index (χ3n) is 3.05. The smallest absolute Gasteiger partial charge is 0.0860 e. The van der Waals surface area contributed by atoms with Crippen LogP contribution in [0, 0.1) is 18.3 Å². The summed E-state index contributed by atoms with van der Waals surface area (Å²) in [6, 6.07) is 2.57. The molecule has 100 valence electrons. The van der Waals surface area contributed by atoms with Crippen molar-refractivity contribution in [2.75, 3.05) is 6.54 Å². The Morgan fingerprint density at radius 2 is 2.17 bits per heavy atom. The molecule has 0 fully saturated rings. The van der Waals surface area contributed by atoms with E-state index in [9.17, 15) is 0 Å². The van der Waals surface area contributed by atoms with E-state index >= 15 is 0 Å². The zero-order valence-electron chi connectivity index (χ0n) is 11.6. The average Bonchev–Trinajstić information content (AvgIpc) is 2.61. The van der Waals surface area contributed by atoms with Crippen molar-refractivity contribution in [3.63, 3.8) is 0 Å². The lowest BCUT2D eigenvalue weighted by Gasteiger charge is -2.25. The predicted octanol–water partition coefficient (Wildman–Crippen LogP) is 2.99. The molecule has 0 spiro atoms. The Bertz CT molecular complexity index is 431. The maximum atomic E-state index is 8.70. The quantitative estimate of drug-likeness (QED) is 0.797. The molecule has 0 atom stereocenters. The minimum atomic E-state index is 0.384. The summed E-state index contributed by atoms with van der Waals surface area (Å²) < 4.78 is 1.94. The van der Waals surface area contributed by atoms with Crippen LogP contribution in [0.5, 0.6) is 0 Å². The summed E-state index contributed by atoms with van der Waals surface area (Å²) in [6.45, 7) is 10.6. The average molecular weight is 269 g/mol. The maximum absolute atomic E-state index is 8.70. The van der Waals surface area contributed by atoms with Crippen molar-refractivity contribution in [3.05, 3.63) is 16.4 Å². The Kier molecular flexibility index (Phi) is 5.64. The van der Waals surface area contributed by atoms with Gasteiger partial charge >= 0.3 is 0 Å². The number of nitrogens with zero attached hydrogens (tertiary/aromatic N) is 4. The second-order valence-electron chi connectivity index (χ2n) is 4.63. The summed E-state index contributed by atoms with van der Waals surface area (Å²) in [7, 11) is 0. The van der Waals surface area contributed by atoms with Gasteiger partial charge in [0, 0.05) is 32.1 Å². The van der Waals surface area contributed by atoms with E-state index in [1.54, 1.807) is 0 Å². The second-order valence-corrected chi connectivity index (χ2v) is 5.01. The highest BCUT2D eigenvalue weighted by Gasteiger charge is 2.17. The van der Waals surface area contributed by atoms with E-state index in [4.69, 9.17) is 16.9 Å². The van der Waals surface area contributed by atoms with E-state index in [1.165, 1.54) is 0 Å². The highest BCUT2D eigenvalue weighted by Crippen LogP contribution is 2.22. The molecule has 0 radical (unpaired) electrons. The summed E-state index contributed by atoms with van der Waals surface area (Å²) in [4.78, 5) is 2.25. The number of aryl methyl sites for hydroxylation is 2. The summed E-state index contributed by atoms with van der Waals surface area (Å²) in [5.41, 5.74) is 1.92. The van der Waals surface area contributed by atoms with E-state index in [-0.39, 0.29) is 0 Å². The van der Waals surface area contributed by atoms with Crippen LogP contribution < -0.4 is 0 Å². The Morgan fingerprint density at radius 3 is 2.67 bits per heavy atom. The first kappa shape index (κ1) is 15.0. The van der Waals surface area contributed by atoms with Crippen LogP contribution in [0.4, 0.5) is 0 Å². The van der Waals surface area contributed by atoms with E-state index in [0.717, 1.165) is 36.0 Å². The second kappa shape index (κ2) is 6.77. The lowest BCUT2D eigenvalue weighted by molar-refractivity contribution is 0.211. The first-order chi connectivity index (χ1) is 8.51. The summed E-state index contributed by atoms with van der Waals surface area (Å²) in [5.74, 6) is 0. The van der Waals surface area contributed by atoms with Crippen LogP contribution in [0.3, 0.4) is 0 Å². The summed E-state index contributed by atoms with van der Waals surface area (Å²) in [6.07, 6.45) is 0.537. The molecule has 5 heteroatoms. The fourth-order valence-electron chi connectivity index (χ4n) is 1.93. The number of halogens is 1. The molecule has 4 nitrogen and oxygen atoms in total. The molecule has 1 aromatic heterocycles. The molecule has 0 saturated heterocycles. The molecule has 0 aliphatic rings. The Balaban J connectivity index is 2.89. The fourth-order valence-corrected chi connectivity index (χ4v) is 2.12. The maximum Gasteiger partial charge on any atom is 0.0860 e. The van der Waals surface area contributed by atoms with E-state index in [0.29, 0.717) is 12.5 Å². The number of nitriles is 1. The molecule has 0 N–H and O–H groups in total. The Labute approximate surface area is 114 Å². The molecule has 1 aromatic rings. The Hall–Kier alpha value is -1.05. The molecule has 0 amide bonds. The van der Waals surface area contributed by atoms with Gasteiger partial charge in [-0.05, 0) is 27.7 Å². The van der Waals surface area contributed by atoms with Crippen molar-refractivity contribution in [1.82, 2.24) is 14.7 Å². The first-order valence-electron chi connectivity index (χ1n) is 6.34. The minimum Gasteiger partial charge on any atom is -0.294 e. The zero-order chi connectivity index (χ0) is 13.7. The third kappa shape index (κ3) is 3.47. The van der Waals surface area contributed by atoms with E-state index in [1.807, 2.05) is 11.6 Å². The molecular weight excluding hydrogens is 248 g/mol. The van der Waals surface area contributed by atoms with Crippen LogP contribution in [-0.2, 0) is 13.1 Å². The molecule has 0 saturated carbocycles. The van der Waals surface area contributed by atoms with Gasteiger partial charge < -0.3 is 0 Å². The van der Waals surface area contributed by atoms with E-state index in [2.05, 4.69) is 36.8 Å². The lowest BCUT2D eigenvalue weighted by Crippen LogP contribution is -2.32. The van der Waals surface area contributed by atoms with Crippen LogP contribution in [0.2, 0.25) is 5.02 Å². The standard InChI is InChI=1S/C13H21ClN4/c1-5-18-12(13(14)11(4)16-18)9-17(10(2)3)8-6-7-15/h10H,5-6,8-9H2,1-4H3. The molecule has 18 heavy (non-hydrogen) atoms. The number of hydrogen-bond donors (Lipinski definition) is 0. The highest BCUT2D eigenvalue weighted by atomic mass is 35.5. The lowest BCUT2D eigenvalue weighted by atomic mass is 10.2. The van der Waals surface area contributed by atoms with Crippen LogP contribution in [0.1, 0.15) is 38.6 Å². The van der Waals surface area contributed by atoms with Crippen molar-refractivity contribution in [2.45, 2.75) is 53.2 Å². The number of rotatable bonds is 6. The van der Waals surface area contributed by atoms with Crippen molar-refractivity contribution < 1.29 is 0 Å². The SMILES string of the molecule is CCn1nc(C)c(Cl)c1CN(CCC#N)C(C)C. The minimum absolute atomic E-state index is 0.384. The fraction of sp³-hybridized carbons (Fsp3) is 0.692. The number of aromatic nitrogens is 2. The number of hydrogen-bond acceptors (Lipinski definition) is 3. The van der Waals surface area contributed by atoms with Gasteiger partial charge in [-0.3, -0.25) is 9.58 Å². The molecular formula is C13H21ClN4. The van der Waals surface area contributed by atoms with Gasteiger partial charge in [-0.15, -0.1) is 0 Å². The van der Waals surface area contributed by atoms with Crippen LogP contribution >= 0.6 is 11.6 Å². The Morgan fingerprint density at radius 1 is 1.50 bits per heavy atom. The third-order valence-corrected chi connectivity index (χ3v) is 3.54. The van der Waals surface area contributed by atoms with Gasteiger partial charge in [-0.2, -0.15) is 10.4 Å². The zero-order valence-corrected chi connectivity index (χ0v) is 12.3. The summed E-state index contributed by atoms with van der Waals surface area (Å²) >= 11 is 6.30. The van der Waals surface area contributed by atoms with Crippen molar-refractivity contribution >= 4 is 11.6 Å².